The van der Waals surface area contributed by atoms with Crippen molar-refractivity contribution >= 4 is 40.1 Å². The molecule has 0 spiro atoms. The number of hydrogen-bond donors (Lipinski definition) is 1. The van der Waals surface area contributed by atoms with E-state index in [-0.39, 0.29) is 0 Å². The number of amides is 1. The van der Waals surface area contributed by atoms with Crippen molar-refractivity contribution in [2.24, 2.45) is 5.73 Å². The summed E-state index contributed by atoms with van der Waals surface area (Å²) in [6.07, 6.45) is 0. The molecule has 0 unspecified atom stereocenters. The molecule has 0 bridgehead atoms. The predicted octanol–water partition coefficient (Wildman–Crippen LogP) is 3.84. The number of halogens is 2. The Morgan fingerprint density at radius 1 is 1.17 bits per heavy atom. The average molecular weight is 374 g/mol. The van der Waals surface area contributed by atoms with Crippen molar-refractivity contribution in [3.05, 3.63) is 56.6 Å². The van der Waals surface area contributed by atoms with E-state index in [1.54, 1.807) is 42.5 Å². The highest BCUT2D eigenvalue weighted by molar-refractivity contribution is 14.1. The quantitative estimate of drug-likeness (QED) is 0.831. The molecule has 0 heterocycles. The Hall–Kier alpha value is -1.27. The Morgan fingerprint density at radius 2 is 1.83 bits per heavy atom. The van der Waals surface area contributed by atoms with Crippen LogP contribution in [0.1, 0.15) is 10.4 Å². The second-order valence-electron chi connectivity index (χ2n) is 3.57. The van der Waals surface area contributed by atoms with Gasteiger partial charge in [0.15, 0.2) is 0 Å². The summed E-state index contributed by atoms with van der Waals surface area (Å²) in [5, 5.41) is 0.654. The van der Waals surface area contributed by atoms with E-state index in [1.165, 1.54) is 0 Å². The number of carbonyl (C=O) groups is 1. The third-order valence-electron chi connectivity index (χ3n) is 2.26. The van der Waals surface area contributed by atoms with Crippen LogP contribution >= 0.6 is 34.2 Å². The van der Waals surface area contributed by atoms with Crippen LogP contribution in [0.15, 0.2) is 42.5 Å². The highest BCUT2D eigenvalue weighted by atomic mass is 127. The SMILES string of the molecule is NC(=O)c1ccc(Oc2ccc(Cl)cc2)c(I)c1. The molecule has 0 aromatic heterocycles. The molecule has 92 valence electrons. The lowest BCUT2D eigenvalue weighted by atomic mass is 10.2. The fourth-order valence-electron chi connectivity index (χ4n) is 1.37. The van der Waals surface area contributed by atoms with Gasteiger partial charge in [-0.05, 0) is 65.1 Å². The highest BCUT2D eigenvalue weighted by Gasteiger charge is 2.07. The van der Waals surface area contributed by atoms with Gasteiger partial charge >= 0.3 is 0 Å². The first-order valence-corrected chi connectivity index (χ1v) is 6.55. The monoisotopic (exact) mass is 373 g/mol. The summed E-state index contributed by atoms with van der Waals surface area (Å²) in [7, 11) is 0. The number of carbonyl (C=O) groups excluding carboxylic acids is 1. The zero-order valence-electron chi connectivity index (χ0n) is 9.19. The molecule has 2 rings (SSSR count). The first kappa shape index (κ1) is 13.2. The minimum atomic E-state index is -0.453. The number of hydrogen-bond acceptors (Lipinski definition) is 2. The Labute approximate surface area is 123 Å². The molecular weight excluding hydrogens is 365 g/mol. The van der Waals surface area contributed by atoms with Gasteiger partial charge in [-0.2, -0.15) is 0 Å². The molecule has 2 aromatic rings. The molecule has 0 aliphatic carbocycles. The lowest BCUT2D eigenvalue weighted by Crippen LogP contribution is -2.10. The van der Waals surface area contributed by atoms with E-state index in [1.807, 2.05) is 0 Å². The zero-order valence-corrected chi connectivity index (χ0v) is 12.1. The smallest absolute Gasteiger partial charge is 0.248 e. The van der Waals surface area contributed by atoms with Crippen molar-refractivity contribution in [2.75, 3.05) is 0 Å². The Bertz CT molecular complexity index is 584. The van der Waals surface area contributed by atoms with E-state index in [9.17, 15) is 4.79 Å². The Morgan fingerprint density at radius 3 is 2.39 bits per heavy atom. The molecule has 0 saturated carbocycles. The van der Waals surface area contributed by atoms with Gasteiger partial charge in [0.05, 0.1) is 3.57 Å². The summed E-state index contributed by atoms with van der Waals surface area (Å²) < 4.78 is 6.50. The van der Waals surface area contributed by atoms with Crippen molar-refractivity contribution < 1.29 is 9.53 Å². The average Bonchev–Trinajstić information content (AvgIpc) is 2.34. The second kappa shape index (κ2) is 5.58. The number of benzene rings is 2. The van der Waals surface area contributed by atoms with Crippen molar-refractivity contribution in [1.29, 1.82) is 0 Å². The summed E-state index contributed by atoms with van der Waals surface area (Å²) in [5.74, 6) is 0.901. The minimum Gasteiger partial charge on any atom is -0.456 e. The van der Waals surface area contributed by atoms with E-state index >= 15 is 0 Å². The molecule has 2 N–H and O–H groups in total. The number of ether oxygens (including phenoxy) is 1. The molecule has 0 aliphatic rings. The molecule has 0 saturated heterocycles. The Balaban J connectivity index is 2.24. The van der Waals surface area contributed by atoms with Crippen molar-refractivity contribution in [3.63, 3.8) is 0 Å². The maximum Gasteiger partial charge on any atom is 0.248 e. The number of nitrogens with two attached hydrogens (primary N) is 1. The number of rotatable bonds is 3. The normalized spacial score (nSPS) is 10.1. The predicted molar refractivity (Wildman–Crippen MR) is 79.2 cm³/mol. The molecule has 1 amide bonds. The molecule has 0 aliphatic heterocycles. The molecule has 0 fully saturated rings. The van der Waals surface area contributed by atoms with Crippen LogP contribution in [-0.2, 0) is 0 Å². The van der Waals surface area contributed by atoms with Gasteiger partial charge < -0.3 is 10.5 Å². The van der Waals surface area contributed by atoms with Crippen LogP contribution in [0, 0.1) is 3.57 Å². The van der Waals surface area contributed by atoms with Crippen LogP contribution in [0.4, 0.5) is 0 Å². The number of primary amides is 1. The zero-order chi connectivity index (χ0) is 13.1. The van der Waals surface area contributed by atoms with Crippen LogP contribution in [0.2, 0.25) is 5.02 Å². The van der Waals surface area contributed by atoms with Crippen LogP contribution in [0.25, 0.3) is 0 Å². The van der Waals surface area contributed by atoms with Gasteiger partial charge in [0.2, 0.25) is 5.91 Å². The van der Waals surface area contributed by atoms with Crippen LogP contribution in [0.5, 0.6) is 11.5 Å². The van der Waals surface area contributed by atoms with Crippen molar-refractivity contribution in [2.45, 2.75) is 0 Å². The molecule has 18 heavy (non-hydrogen) atoms. The fraction of sp³-hybridized carbons (Fsp3) is 0. The van der Waals surface area contributed by atoms with Crippen molar-refractivity contribution in [3.8, 4) is 11.5 Å². The molecule has 3 nitrogen and oxygen atoms in total. The van der Waals surface area contributed by atoms with Gasteiger partial charge in [-0.3, -0.25) is 4.79 Å². The molecular formula is C13H9ClINO2. The van der Waals surface area contributed by atoms with E-state index in [0.717, 1.165) is 3.57 Å². The summed E-state index contributed by atoms with van der Waals surface area (Å²) in [4.78, 5) is 11.0. The molecule has 2 aromatic carbocycles. The van der Waals surface area contributed by atoms with E-state index in [4.69, 9.17) is 22.1 Å². The fourth-order valence-corrected chi connectivity index (χ4v) is 2.12. The van der Waals surface area contributed by atoms with Crippen molar-refractivity contribution in [1.82, 2.24) is 0 Å². The second-order valence-corrected chi connectivity index (χ2v) is 5.16. The third kappa shape index (κ3) is 3.14. The van der Waals surface area contributed by atoms with Crippen LogP contribution < -0.4 is 10.5 Å². The first-order valence-electron chi connectivity index (χ1n) is 5.09. The van der Waals surface area contributed by atoms with E-state index < -0.39 is 5.91 Å². The summed E-state index contributed by atoms with van der Waals surface area (Å²) >= 11 is 7.89. The minimum absolute atomic E-state index is 0.453. The maximum atomic E-state index is 11.0. The molecule has 0 radical (unpaired) electrons. The summed E-state index contributed by atoms with van der Waals surface area (Å²) in [6.45, 7) is 0. The topological polar surface area (TPSA) is 52.3 Å². The summed E-state index contributed by atoms with van der Waals surface area (Å²) in [6, 6.07) is 12.1. The standard InChI is InChI=1S/C13H9ClINO2/c14-9-2-4-10(5-3-9)18-12-6-1-8(13(16)17)7-11(12)15/h1-7H,(H2,16,17). The largest absolute Gasteiger partial charge is 0.456 e. The third-order valence-corrected chi connectivity index (χ3v) is 3.35. The maximum absolute atomic E-state index is 11.0. The lowest BCUT2D eigenvalue weighted by Gasteiger charge is -2.08. The highest BCUT2D eigenvalue weighted by Crippen LogP contribution is 2.28. The van der Waals surface area contributed by atoms with E-state index in [0.29, 0.717) is 22.1 Å². The summed E-state index contributed by atoms with van der Waals surface area (Å²) in [5.41, 5.74) is 5.67. The van der Waals surface area contributed by atoms with Gasteiger partial charge in [-0.25, -0.2) is 0 Å². The van der Waals surface area contributed by atoms with E-state index in [2.05, 4.69) is 22.6 Å². The lowest BCUT2D eigenvalue weighted by molar-refractivity contribution is 0.1000. The van der Waals surface area contributed by atoms with Crippen LogP contribution in [0.3, 0.4) is 0 Å². The first-order chi connectivity index (χ1) is 8.56. The van der Waals surface area contributed by atoms with Gasteiger partial charge in [-0.15, -0.1) is 0 Å². The van der Waals surface area contributed by atoms with Gasteiger partial charge in [0, 0.05) is 10.6 Å². The van der Waals surface area contributed by atoms with Gasteiger partial charge in [-0.1, -0.05) is 11.6 Å². The molecule has 0 atom stereocenters. The molecule has 5 heteroatoms. The van der Waals surface area contributed by atoms with Crippen LogP contribution in [-0.4, -0.2) is 5.91 Å². The van der Waals surface area contributed by atoms with Gasteiger partial charge in [0.25, 0.3) is 0 Å². The van der Waals surface area contributed by atoms with Gasteiger partial charge in [0.1, 0.15) is 11.5 Å². The Kier molecular flexibility index (Phi) is 4.08.